The Morgan fingerprint density at radius 2 is 2.19 bits per heavy atom. The molecule has 1 N–H and O–H groups in total. The fourth-order valence-corrected chi connectivity index (χ4v) is 1.83. The second kappa shape index (κ2) is 6.08. The highest BCUT2D eigenvalue weighted by Crippen LogP contribution is 2.29. The Labute approximate surface area is 119 Å². The van der Waals surface area contributed by atoms with Crippen molar-refractivity contribution < 1.29 is 24.0 Å². The minimum Gasteiger partial charge on any atom is -0.479 e. The monoisotopic (exact) mass is 291 g/mol. The molecule has 2 aromatic rings. The van der Waals surface area contributed by atoms with Gasteiger partial charge in [-0.2, -0.15) is 0 Å². The normalized spacial score (nSPS) is 10.3. The number of nitro benzene ring substituents is 1. The van der Waals surface area contributed by atoms with Gasteiger partial charge in [0, 0.05) is 6.07 Å². The summed E-state index contributed by atoms with van der Waals surface area (Å²) in [5.41, 5.74) is 0.638. The van der Waals surface area contributed by atoms with Crippen molar-refractivity contribution in [3.63, 3.8) is 0 Å². The van der Waals surface area contributed by atoms with E-state index >= 15 is 0 Å². The molecule has 0 amide bonds. The van der Waals surface area contributed by atoms with E-state index in [0.29, 0.717) is 6.42 Å². The van der Waals surface area contributed by atoms with Crippen LogP contribution in [0.25, 0.3) is 0 Å². The molecule has 1 heterocycles. The topological polar surface area (TPSA) is 103 Å². The first-order valence-corrected chi connectivity index (χ1v) is 6.22. The number of ether oxygens (including phenoxy) is 1. The fraction of sp³-hybridized carbons (Fsp3) is 0.214. The number of hydrogen-bond acceptors (Lipinski definition) is 5. The standard InChI is InChI=1S/C14H13NO6/c1-2-9-3-4-12(11(7-9)15(18)19)21-8-13-10(14(16)17)5-6-20-13/h3-7H,2,8H2,1H3,(H,16,17). The van der Waals surface area contributed by atoms with Crippen molar-refractivity contribution >= 4 is 11.7 Å². The van der Waals surface area contributed by atoms with Crippen LogP contribution in [0.15, 0.2) is 34.9 Å². The number of benzene rings is 1. The summed E-state index contributed by atoms with van der Waals surface area (Å²) >= 11 is 0. The zero-order valence-electron chi connectivity index (χ0n) is 11.2. The first-order valence-electron chi connectivity index (χ1n) is 6.22. The number of aryl methyl sites for hydroxylation is 1. The van der Waals surface area contributed by atoms with Gasteiger partial charge in [-0.3, -0.25) is 10.1 Å². The average Bonchev–Trinajstić information content (AvgIpc) is 2.93. The predicted molar refractivity (Wildman–Crippen MR) is 72.5 cm³/mol. The molecule has 0 aliphatic heterocycles. The molecule has 0 saturated heterocycles. The fourth-order valence-electron chi connectivity index (χ4n) is 1.83. The van der Waals surface area contributed by atoms with E-state index < -0.39 is 10.9 Å². The van der Waals surface area contributed by atoms with Gasteiger partial charge in [0.15, 0.2) is 11.5 Å². The highest BCUT2D eigenvalue weighted by molar-refractivity contribution is 5.88. The number of aromatic carboxylic acids is 1. The van der Waals surface area contributed by atoms with Gasteiger partial charge in [-0.1, -0.05) is 13.0 Å². The van der Waals surface area contributed by atoms with E-state index in [1.807, 2.05) is 6.92 Å². The van der Waals surface area contributed by atoms with Gasteiger partial charge in [-0.15, -0.1) is 0 Å². The summed E-state index contributed by atoms with van der Waals surface area (Å²) < 4.78 is 10.4. The zero-order chi connectivity index (χ0) is 15.4. The maximum Gasteiger partial charge on any atom is 0.339 e. The molecule has 0 saturated carbocycles. The Balaban J connectivity index is 2.21. The lowest BCUT2D eigenvalue weighted by Gasteiger charge is -2.07. The largest absolute Gasteiger partial charge is 0.479 e. The van der Waals surface area contributed by atoms with Crippen LogP contribution in [-0.4, -0.2) is 16.0 Å². The van der Waals surface area contributed by atoms with Crippen molar-refractivity contribution in [2.24, 2.45) is 0 Å². The third-order valence-corrected chi connectivity index (χ3v) is 2.96. The summed E-state index contributed by atoms with van der Waals surface area (Å²) in [5, 5.41) is 20.0. The minimum absolute atomic E-state index is 0.0252. The lowest BCUT2D eigenvalue weighted by Crippen LogP contribution is -2.04. The van der Waals surface area contributed by atoms with Gasteiger partial charge in [0.05, 0.1) is 11.2 Å². The van der Waals surface area contributed by atoms with Crippen molar-refractivity contribution in [2.45, 2.75) is 20.0 Å². The third-order valence-electron chi connectivity index (χ3n) is 2.96. The maximum absolute atomic E-state index is 11.0. The number of rotatable bonds is 6. The van der Waals surface area contributed by atoms with Crippen LogP contribution in [0.2, 0.25) is 0 Å². The molecular formula is C14H13NO6. The molecule has 0 aliphatic carbocycles. The van der Waals surface area contributed by atoms with E-state index in [9.17, 15) is 14.9 Å². The smallest absolute Gasteiger partial charge is 0.339 e. The second-order valence-electron chi connectivity index (χ2n) is 4.26. The van der Waals surface area contributed by atoms with Crippen LogP contribution in [0.1, 0.15) is 28.6 Å². The molecule has 110 valence electrons. The van der Waals surface area contributed by atoms with Gasteiger partial charge in [0.2, 0.25) is 0 Å². The molecule has 2 rings (SSSR count). The average molecular weight is 291 g/mol. The van der Waals surface area contributed by atoms with E-state index in [1.54, 1.807) is 6.07 Å². The first kappa shape index (κ1) is 14.6. The minimum atomic E-state index is -1.14. The van der Waals surface area contributed by atoms with Gasteiger partial charge < -0.3 is 14.3 Å². The molecule has 1 aromatic carbocycles. The summed E-state index contributed by atoms with van der Waals surface area (Å²) in [5.74, 6) is -0.959. The van der Waals surface area contributed by atoms with E-state index in [1.165, 1.54) is 24.5 Å². The molecule has 1 aromatic heterocycles. The van der Waals surface area contributed by atoms with Crippen LogP contribution >= 0.6 is 0 Å². The van der Waals surface area contributed by atoms with Gasteiger partial charge >= 0.3 is 11.7 Å². The van der Waals surface area contributed by atoms with Gasteiger partial charge in [0.1, 0.15) is 12.2 Å². The second-order valence-corrected chi connectivity index (χ2v) is 4.26. The van der Waals surface area contributed by atoms with Crippen LogP contribution in [0.5, 0.6) is 5.75 Å². The van der Waals surface area contributed by atoms with E-state index in [-0.39, 0.29) is 29.4 Å². The number of nitrogens with zero attached hydrogens (tertiary/aromatic N) is 1. The van der Waals surface area contributed by atoms with Crippen molar-refractivity contribution in [1.82, 2.24) is 0 Å². The third kappa shape index (κ3) is 3.19. The molecule has 0 fully saturated rings. The number of hydrogen-bond donors (Lipinski definition) is 1. The Morgan fingerprint density at radius 3 is 2.81 bits per heavy atom. The van der Waals surface area contributed by atoms with Crippen LogP contribution in [-0.2, 0) is 13.0 Å². The predicted octanol–water partition coefficient (Wildman–Crippen LogP) is 3.03. The summed E-state index contributed by atoms with van der Waals surface area (Å²) in [6, 6.07) is 5.97. The number of furan rings is 1. The molecule has 7 heteroatoms. The zero-order valence-corrected chi connectivity index (χ0v) is 11.2. The maximum atomic E-state index is 11.0. The molecule has 7 nitrogen and oxygen atoms in total. The van der Waals surface area contributed by atoms with Crippen LogP contribution in [0, 0.1) is 10.1 Å². The van der Waals surface area contributed by atoms with E-state index in [2.05, 4.69) is 0 Å². The Hall–Kier alpha value is -2.83. The Morgan fingerprint density at radius 1 is 1.43 bits per heavy atom. The van der Waals surface area contributed by atoms with Gasteiger partial charge in [-0.05, 0) is 24.1 Å². The molecule has 21 heavy (non-hydrogen) atoms. The van der Waals surface area contributed by atoms with Crippen LogP contribution in [0.4, 0.5) is 5.69 Å². The van der Waals surface area contributed by atoms with Gasteiger partial charge in [-0.25, -0.2) is 4.79 Å². The number of carboxylic acids is 1. The summed E-state index contributed by atoms with van der Waals surface area (Å²) in [6.07, 6.45) is 1.90. The van der Waals surface area contributed by atoms with Crippen molar-refractivity contribution in [1.29, 1.82) is 0 Å². The number of nitro groups is 1. The molecule has 0 radical (unpaired) electrons. The summed E-state index contributed by atoms with van der Waals surface area (Å²) in [7, 11) is 0. The molecule has 0 unspecified atom stereocenters. The van der Waals surface area contributed by atoms with Crippen molar-refractivity contribution in [3.05, 3.63) is 57.5 Å². The molecule has 0 bridgehead atoms. The summed E-state index contributed by atoms with van der Waals surface area (Å²) in [6.45, 7) is 1.70. The first-order chi connectivity index (χ1) is 10.0. The van der Waals surface area contributed by atoms with Crippen molar-refractivity contribution in [3.8, 4) is 5.75 Å². The lowest BCUT2D eigenvalue weighted by molar-refractivity contribution is -0.386. The van der Waals surface area contributed by atoms with Gasteiger partial charge in [0.25, 0.3) is 0 Å². The number of carbonyl (C=O) groups is 1. The van der Waals surface area contributed by atoms with E-state index in [4.69, 9.17) is 14.3 Å². The SMILES string of the molecule is CCc1ccc(OCc2occc2C(=O)O)c([N+](=O)[O-])c1. The quantitative estimate of drug-likeness (QED) is 0.648. The van der Waals surface area contributed by atoms with Crippen LogP contribution in [0.3, 0.4) is 0 Å². The van der Waals surface area contributed by atoms with E-state index in [0.717, 1.165) is 5.56 Å². The highest BCUT2D eigenvalue weighted by Gasteiger charge is 2.18. The molecular weight excluding hydrogens is 278 g/mol. The Kier molecular flexibility index (Phi) is 4.22. The molecule has 0 aliphatic rings. The lowest BCUT2D eigenvalue weighted by atomic mass is 10.1. The number of carboxylic acid groups (broad SMARTS) is 1. The summed E-state index contributed by atoms with van der Waals surface area (Å²) in [4.78, 5) is 21.4. The molecule has 0 spiro atoms. The Bertz CT molecular complexity index is 676. The van der Waals surface area contributed by atoms with Crippen LogP contribution < -0.4 is 4.74 Å². The molecule has 0 atom stereocenters. The van der Waals surface area contributed by atoms with Crippen molar-refractivity contribution in [2.75, 3.05) is 0 Å². The highest BCUT2D eigenvalue weighted by atomic mass is 16.6.